The average molecular weight is 360 g/mol. The Balaban J connectivity index is 1.43. The lowest BCUT2D eigenvalue weighted by molar-refractivity contribution is -0.134. The van der Waals surface area contributed by atoms with Gasteiger partial charge in [0.2, 0.25) is 5.91 Å². The average Bonchev–Trinajstić information content (AvgIpc) is 2.69. The maximum absolute atomic E-state index is 12.6. The number of ketones is 1. The molecule has 1 spiro atoms. The third kappa shape index (κ3) is 3.43. The Morgan fingerprint density at radius 2 is 1.89 bits per heavy atom. The van der Waals surface area contributed by atoms with Gasteiger partial charge in [-0.1, -0.05) is 30.3 Å². The normalized spacial score (nSPS) is 17.7. The number of likely N-dealkylation sites (tertiary alicyclic amines) is 1. The number of Topliss-reactive ketones (excluding diaryl/α,β-unsaturated/α-hetero) is 1. The molecule has 2 heterocycles. The van der Waals surface area contributed by atoms with Crippen LogP contribution in [0.15, 0.2) is 48.5 Å². The maximum atomic E-state index is 12.6. The van der Waals surface area contributed by atoms with E-state index in [1.54, 1.807) is 18.2 Å². The molecule has 136 valence electrons. The van der Waals surface area contributed by atoms with Crippen LogP contribution < -0.4 is 4.74 Å². The smallest absolute Gasteiger partial charge is 0.226 e. The zero-order valence-electron chi connectivity index (χ0n) is 15.0. The molecule has 27 heavy (non-hydrogen) atoms. The van der Waals surface area contributed by atoms with Crippen LogP contribution in [0, 0.1) is 11.3 Å². The number of fused-ring (bicyclic) bond motifs is 1. The number of carbonyl (C=O) groups is 2. The molecule has 4 rings (SSSR count). The Kier molecular flexibility index (Phi) is 4.41. The van der Waals surface area contributed by atoms with Crippen molar-refractivity contribution in [1.82, 2.24) is 4.90 Å². The predicted molar refractivity (Wildman–Crippen MR) is 99.4 cm³/mol. The fourth-order valence-corrected chi connectivity index (χ4v) is 3.89. The molecule has 0 saturated carbocycles. The zero-order chi connectivity index (χ0) is 18.9. The Labute approximate surface area is 158 Å². The molecule has 2 aliphatic heterocycles. The first-order valence-corrected chi connectivity index (χ1v) is 9.17. The van der Waals surface area contributed by atoms with Crippen molar-refractivity contribution in [3.63, 3.8) is 0 Å². The maximum Gasteiger partial charge on any atom is 0.226 e. The molecule has 0 N–H and O–H groups in total. The molecule has 1 saturated heterocycles. The van der Waals surface area contributed by atoms with Crippen molar-refractivity contribution in [3.8, 4) is 11.8 Å². The Bertz CT molecular complexity index is 922. The molecule has 2 aromatic rings. The molecular formula is C22H20N2O3. The van der Waals surface area contributed by atoms with Gasteiger partial charge < -0.3 is 9.64 Å². The molecule has 0 radical (unpaired) electrons. The molecule has 0 aromatic heterocycles. The van der Waals surface area contributed by atoms with Gasteiger partial charge in [-0.15, -0.1) is 0 Å². The summed E-state index contributed by atoms with van der Waals surface area (Å²) in [6, 6.07) is 16.8. The lowest BCUT2D eigenvalue weighted by Crippen LogP contribution is -2.52. The Hall–Kier alpha value is -3.13. The summed E-state index contributed by atoms with van der Waals surface area (Å²) in [5, 5.41) is 9.01. The summed E-state index contributed by atoms with van der Waals surface area (Å²) in [6.45, 7) is 1.18. The van der Waals surface area contributed by atoms with Gasteiger partial charge >= 0.3 is 0 Å². The summed E-state index contributed by atoms with van der Waals surface area (Å²) < 4.78 is 6.21. The van der Waals surface area contributed by atoms with Crippen LogP contribution in [-0.2, 0) is 11.2 Å². The van der Waals surface area contributed by atoms with Gasteiger partial charge in [-0.05, 0) is 23.8 Å². The monoisotopic (exact) mass is 360 g/mol. The standard InChI is InChI=1S/C22H20N2O3/c23-15-17-6-7-20-18(12-17)19(25)14-22(27-20)8-10-24(11-9-22)21(26)13-16-4-2-1-3-5-16/h1-7,12H,8-11,13-14H2. The number of nitriles is 1. The largest absolute Gasteiger partial charge is 0.486 e. The van der Waals surface area contributed by atoms with E-state index < -0.39 is 5.60 Å². The third-order valence-electron chi connectivity index (χ3n) is 5.44. The summed E-state index contributed by atoms with van der Waals surface area (Å²) in [5.41, 5.74) is 1.42. The number of hydrogen-bond donors (Lipinski definition) is 0. The van der Waals surface area contributed by atoms with Crippen molar-refractivity contribution < 1.29 is 14.3 Å². The van der Waals surface area contributed by atoms with E-state index in [4.69, 9.17) is 10.00 Å². The highest BCUT2D eigenvalue weighted by molar-refractivity contribution is 6.00. The van der Waals surface area contributed by atoms with Gasteiger partial charge in [-0.3, -0.25) is 9.59 Å². The van der Waals surface area contributed by atoms with E-state index >= 15 is 0 Å². The number of rotatable bonds is 2. The van der Waals surface area contributed by atoms with Crippen LogP contribution in [0.1, 0.15) is 40.7 Å². The number of piperidine rings is 1. The SMILES string of the molecule is N#Cc1ccc2c(c1)C(=O)CC1(CCN(C(=O)Cc3ccccc3)CC1)O2. The Morgan fingerprint density at radius 1 is 1.15 bits per heavy atom. The number of nitrogens with zero attached hydrogens (tertiary/aromatic N) is 2. The second-order valence-electron chi connectivity index (χ2n) is 7.25. The molecule has 5 nitrogen and oxygen atoms in total. The van der Waals surface area contributed by atoms with E-state index in [0.29, 0.717) is 55.6 Å². The highest BCUT2D eigenvalue weighted by atomic mass is 16.5. The second kappa shape index (κ2) is 6.88. The van der Waals surface area contributed by atoms with E-state index in [0.717, 1.165) is 5.56 Å². The molecule has 0 bridgehead atoms. The molecule has 0 atom stereocenters. The van der Waals surface area contributed by atoms with Gasteiger partial charge in [0.25, 0.3) is 0 Å². The third-order valence-corrected chi connectivity index (χ3v) is 5.44. The van der Waals surface area contributed by atoms with Crippen LogP contribution in [0.2, 0.25) is 0 Å². The molecular weight excluding hydrogens is 340 g/mol. The quantitative estimate of drug-likeness (QED) is 0.825. The number of carbonyl (C=O) groups excluding carboxylic acids is 2. The minimum atomic E-state index is -0.540. The van der Waals surface area contributed by atoms with Crippen molar-refractivity contribution in [3.05, 3.63) is 65.2 Å². The fourth-order valence-electron chi connectivity index (χ4n) is 3.89. The van der Waals surface area contributed by atoms with Crippen molar-refractivity contribution >= 4 is 11.7 Å². The molecule has 0 unspecified atom stereocenters. The van der Waals surface area contributed by atoms with Gasteiger partial charge in [0.1, 0.15) is 11.4 Å². The van der Waals surface area contributed by atoms with Gasteiger partial charge in [0.05, 0.1) is 30.0 Å². The van der Waals surface area contributed by atoms with Crippen molar-refractivity contribution in [2.75, 3.05) is 13.1 Å². The van der Waals surface area contributed by atoms with E-state index in [1.165, 1.54) is 0 Å². The summed E-state index contributed by atoms with van der Waals surface area (Å²) in [5.74, 6) is 0.670. The van der Waals surface area contributed by atoms with E-state index in [2.05, 4.69) is 6.07 Å². The number of hydrogen-bond acceptors (Lipinski definition) is 4. The highest BCUT2D eigenvalue weighted by Gasteiger charge is 2.43. The van der Waals surface area contributed by atoms with Gasteiger partial charge in [-0.25, -0.2) is 0 Å². The van der Waals surface area contributed by atoms with Crippen LogP contribution in [-0.4, -0.2) is 35.3 Å². The van der Waals surface area contributed by atoms with Gasteiger partial charge in [0, 0.05) is 25.9 Å². The summed E-state index contributed by atoms with van der Waals surface area (Å²) in [6.07, 6.45) is 1.97. The lowest BCUT2D eigenvalue weighted by Gasteiger charge is -2.44. The van der Waals surface area contributed by atoms with Gasteiger partial charge in [-0.2, -0.15) is 5.26 Å². The molecule has 2 aromatic carbocycles. The number of benzene rings is 2. The molecule has 2 aliphatic rings. The first-order valence-electron chi connectivity index (χ1n) is 9.17. The minimum absolute atomic E-state index is 0.0115. The zero-order valence-corrected chi connectivity index (χ0v) is 15.0. The number of amides is 1. The first kappa shape index (κ1) is 17.3. The van der Waals surface area contributed by atoms with Crippen molar-refractivity contribution in [2.24, 2.45) is 0 Å². The fraction of sp³-hybridized carbons (Fsp3) is 0.318. The molecule has 5 heteroatoms. The van der Waals surface area contributed by atoms with Crippen molar-refractivity contribution in [1.29, 1.82) is 5.26 Å². The van der Waals surface area contributed by atoms with E-state index in [9.17, 15) is 9.59 Å². The van der Waals surface area contributed by atoms with Crippen LogP contribution in [0.25, 0.3) is 0 Å². The van der Waals surface area contributed by atoms with Gasteiger partial charge in [0.15, 0.2) is 5.78 Å². The topological polar surface area (TPSA) is 70.4 Å². The second-order valence-corrected chi connectivity index (χ2v) is 7.25. The summed E-state index contributed by atoms with van der Waals surface area (Å²) in [7, 11) is 0. The van der Waals surface area contributed by atoms with E-state index in [-0.39, 0.29) is 11.7 Å². The molecule has 1 fully saturated rings. The molecule has 1 amide bonds. The Morgan fingerprint density at radius 3 is 2.59 bits per heavy atom. The van der Waals surface area contributed by atoms with Crippen molar-refractivity contribution in [2.45, 2.75) is 31.3 Å². The summed E-state index contributed by atoms with van der Waals surface area (Å²) in [4.78, 5) is 27.0. The lowest BCUT2D eigenvalue weighted by atomic mass is 9.82. The first-order chi connectivity index (χ1) is 13.1. The van der Waals surface area contributed by atoms with Crippen LogP contribution in [0.3, 0.4) is 0 Å². The van der Waals surface area contributed by atoms with Crippen LogP contribution >= 0.6 is 0 Å². The minimum Gasteiger partial charge on any atom is -0.486 e. The highest BCUT2D eigenvalue weighted by Crippen LogP contribution is 2.39. The predicted octanol–water partition coefficient (Wildman–Crippen LogP) is 3.13. The van der Waals surface area contributed by atoms with Crippen LogP contribution in [0.5, 0.6) is 5.75 Å². The van der Waals surface area contributed by atoms with Crippen LogP contribution in [0.4, 0.5) is 0 Å². The summed E-state index contributed by atoms with van der Waals surface area (Å²) >= 11 is 0. The number of ether oxygens (including phenoxy) is 1. The van der Waals surface area contributed by atoms with E-state index in [1.807, 2.05) is 35.2 Å². The molecule has 0 aliphatic carbocycles.